The van der Waals surface area contributed by atoms with E-state index < -0.39 is 0 Å². The first-order valence-corrected chi connectivity index (χ1v) is 6.07. The van der Waals surface area contributed by atoms with E-state index in [4.69, 9.17) is 16.2 Å². The molecule has 0 aliphatic carbocycles. The molecule has 1 atom stereocenters. The maximum Gasteiger partial charge on any atom is 0.236 e. The van der Waals surface area contributed by atoms with Crippen molar-refractivity contribution in [2.75, 3.05) is 23.7 Å². The quantitative estimate of drug-likeness (QED) is 0.782. The van der Waals surface area contributed by atoms with Gasteiger partial charge >= 0.3 is 0 Å². The third-order valence-corrected chi connectivity index (χ3v) is 3.12. The summed E-state index contributed by atoms with van der Waals surface area (Å²) in [6.45, 7) is 4.96. The number of nitrogens with two attached hydrogens (primary N) is 2. The molecule has 4 N–H and O–H groups in total. The summed E-state index contributed by atoms with van der Waals surface area (Å²) >= 11 is 0. The normalized spacial score (nSPS) is 18.4. The van der Waals surface area contributed by atoms with Crippen LogP contribution < -0.4 is 21.1 Å². The van der Waals surface area contributed by atoms with Crippen LogP contribution in [0.25, 0.3) is 0 Å². The van der Waals surface area contributed by atoms with Crippen LogP contribution in [0.2, 0.25) is 0 Å². The van der Waals surface area contributed by atoms with Crippen LogP contribution in [-0.2, 0) is 4.79 Å². The Hall–Kier alpha value is -1.91. The monoisotopic (exact) mass is 249 g/mol. The highest BCUT2D eigenvalue weighted by Crippen LogP contribution is 2.39. The summed E-state index contributed by atoms with van der Waals surface area (Å²) in [4.78, 5) is 13.1. The van der Waals surface area contributed by atoms with Crippen molar-refractivity contribution >= 4 is 17.3 Å². The van der Waals surface area contributed by atoms with E-state index in [-0.39, 0.29) is 18.6 Å². The van der Waals surface area contributed by atoms with Crippen molar-refractivity contribution in [3.05, 3.63) is 18.2 Å². The maximum atomic E-state index is 11.2. The average molecular weight is 249 g/mol. The second-order valence-electron chi connectivity index (χ2n) is 4.94. The number of carbonyl (C=O) groups excluding carboxylic acids is 1. The molecule has 0 radical (unpaired) electrons. The molecular weight excluding hydrogens is 230 g/mol. The number of hydrogen-bond donors (Lipinski definition) is 2. The Morgan fingerprint density at radius 3 is 2.89 bits per heavy atom. The van der Waals surface area contributed by atoms with Gasteiger partial charge < -0.3 is 21.1 Å². The van der Waals surface area contributed by atoms with Gasteiger partial charge in [-0.05, 0) is 18.1 Å². The summed E-state index contributed by atoms with van der Waals surface area (Å²) in [5.74, 6) is 0.713. The van der Waals surface area contributed by atoms with Crippen LogP contribution in [0.4, 0.5) is 11.4 Å². The number of fused-ring (bicyclic) bond motifs is 1. The smallest absolute Gasteiger partial charge is 0.236 e. The highest BCUT2D eigenvalue weighted by Gasteiger charge is 2.29. The molecule has 1 aliphatic rings. The Morgan fingerprint density at radius 2 is 2.28 bits per heavy atom. The van der Waals surface area contributed by atoms with Crippen molar-refractivity contribution in [3.63, 3.8) is 0 Å². The van der Waals surface area contributed by atoms with E-state index in [2.05, 4.69) is 13.8 Å². The lowest BCUT2D eigenvalue weighted by atomic mass is 10.0. The van der Waals surface area contributed by atoms with E-state index in [1.165, 1.54) is 0 Å². The van der Waals surface area contributed by atoms with E-state index in [1.807, 2.05) is 17.0 Å². The Labute approximate surface area is 107 Å². The maximum absolute atomic E-state index is 11.2. The number of benzene rings is 1. The van der Waals surface area contributed by atoms with Gasteiger partial charge in [0.15, 0.2) is 0 Å². The molecule has 0 fully saturated rings. The molecule has 0 saturated carbocycles. The van der Waals surface area contributed by atoms with Gasteiger partial charge in [-0.25, -0.2) is 0 Å². The van der Waals surface area contributed by atoms with Gasteiger partial charge in [-0.2, -0.15) is 0 Å². The van der Waals surface area contributed by atoms with Crippen molar-refractivity contribution in [2.45, 2.75) is 20.0 Å². The van der Waals surface area contributed by atoms with Gasteiger partial charge in [0.1, 0.15) is 17.5 Å². The standard InChI is InChI=1S/C13H19N3O2/c1-8(2)11-6-16(7-12(15)17)13-9(14)4-3-5-10(13)18-11/h3-5,8,11H,6-7,14H2,1-2H3,(H2,15,17). The van der Waals surface area contributed by atoms with Gasteiger partial charge in [-0.1, -0.05) is 19.9 Å². The Kier molecular flexibility index (Phi) is 3.32. The van der Waals surface area contributed by atoms with E-state index in [0.717, 1.165) is 11.4 Å². The lowest BCUT2D eigenvalue weighted by Gasteiger charge is -2.38. The van der Waals surface area contributed by atoms with Crippen molar-refractivity contribution in [1.82, 2.24) is 0 Å². The Morgan fingerprint density at radius 1 is 1.56 bits per heavy atom. The van der Waals surface area contributed by atoms with Gasteiger partial charge in [0.2, 0.25) is 5.91 Å². The zero-order valence-electron chi connectivity index (χ0n) is 10.7. The average Bonchev–Trinajstić information content (AvgIpc) is 2.27. The lowest BCUT2D eigenvalue weighted by Crippen LogP contribution is -2.46. The fourth-order valence-corrected chi connectivity index (χ4v) is 2.16. The minimum atomic E-state index is -0.367. The van der Waals surface area contributed by atoms with Crippen LogP contribution >= 0.6 is 0 Å². The number of ether oxygens (including phenoxy) is 1. The van der Waals surface area contributed by atoms with Gasteiger partial charge in [0.25, 0.3) is 0 Å². The zero-order valence-corrected chi connectivity index (χ0v) is 10.7. The fourth-order valence-electron chi connectivity index (χ4n) is 2.16. The molecule has 1 unspecified atom stereocenters. The van der Waals surface area contributed by atoms with E-state index in [0.29, 0.717) is 18.2 Å². The van der Waals surface area contributed by atoms with Crippen LogP contribution in [0, 0.1) is 5.92 Å². The van der Waals surface area contributed by atoms with Gasteiger partial charge in [0, 0.05) is 0 Å². The van der Waals surface area contributed by atoms with Crippen LogP contribution in [0.5, 0.6) is 5.75 Å². The second kappa shape index (κ2) is 4.76. The minimum absolute atomic E-state index is 0.0404. The number of rotatable bonds is 3. The van der Waals surface area contributed by atoms with Gasteiger partial charge in [-0.15, -0.1) is 0 Å². The molecule has 5 nitrogen and oxygen atoms in total. The first-order chi connectivity index (χ1) is 8.49. The highest BCUT2D eigenvalue weighted by atomic mass is 16.5. The lowest BCUT2D eigenvalue weighted by molar-refractivity contribution is -0.116. The zero-order chi connectivity index (χ0) is 13.3. The number of anilines is 2. The molecule has 98 valence electrons. The summed E-state index contributed by atoms with van der Waals surface area (Å²) < 4.78 is 5.91. The molecule has 0 saturated heterocycles. The molecular formula is C13H19N3O2. The first-order valence-electron chi connectivity index (χ1n) is 6.07. The van der Waals surface area contributed by atoms with Gasteiger partial charge in [-0.3, -0.25) is 4.79 Å². The van der Waals surface area contributed by atoms with Crippen molar-refractivity contribution in [1.29, 1.82) is 0 Å². The number of carbonyl (C=O) groups is 1. The predicted molar refractivity (Wildman–Crippen MR) is 71.5 cm³/mol. The summed E-state index contributed by atoms with van der Waals surface area (Å²) in [6.07, 6.45) is 0.0404. The fraction of sp³-hybridized carbons (Fsp3) is 0.462. The molecule has 1 heterocycles. The Balaban J connectivity index is 2.37. The second-order valence-corrected chi connectivity index (χ2v) is 4.94. The third kappa shape index (κ3) is 2.34. The number of nitrogen functional groups attached to an aromatic ring is 1. The topological polar surface area (TPSA) is 81.6 Å². The molecule has 1 amide bonds. The van der Waals surface area contributed by atoms with Crippen molar-refractivity contribution < 1.29 is 9.53 Å². The summed E-state index contributed by atoms with van der Waals surface area (Å²) in [5.41, 5.74) is 12.6. The van der Waals surface area contributed by atoms with Gasteiger partial charge in [0.05, 0.1) is 18.8 Å². The molecule has 1 aromatic carbocycles. The molecule has 1 aliphatic heterocycles. The first kappa shape index (κ1) is 12.5. The Bertz CT molecular complexity index is 460. The predicted octanol–water partition coefficient (Wildman–Crippen LogP) is 0.978. The van der Waals surface area contributed by atoms with Crippen molar-refractivity contribution in [3.8, 4) is 5.75 Å². The minimum Gasteiger partial charge on any atom is -0.486 e. The molecule has 5 heteroatoms. The number of nitrogens with zero attached hydrogens (tertiary/aromatic N) is 1. The van der Waals surface area contributed by atoms with Crippen molar-refractivity contribution in [2.24, 2.45) is 11.7 Å². The number of amides is 1. The molecule has 18 heavy (non-hydrogen) atoms. The number of para-hydroxylation sites is 1. The van der Waals surface area contributed by atoms with E-state index in [1.54, 1.807) is 6.07 Å². The highest BCUT2D eigenvalue weighted by molar-refractivity contribution is 5.84. The van der Waals surface area contributed by atoms with E-state index in [9.17, 15) is 4.79 Å². The van der Waals surface area contributed by atoms with Crippen LogP contribution in [0.3, 0.4) is 0 Å². The number of hydrogen-bond acceptors (Lipinski definition) is 4. The third-order valence-electron chi connectivity index (χ3n) is 3.12. The van der Waals surface area contributed by atoms with Crippen LogP contribution in [0.1, 0.15) is 13.8 Å². The summed E-state index contributed by atoms with van der Waals surface area (Å²) in [6, 6.07) is 5.51. The molecule has 0 aromatic heterocycles. The molecule has 1 aromatic rings. The number of primary amides is 1. The molecule has 0 spiro atoms. The summed E-state index contributed by atoms with van der Waals surface area (Å²) in [7, 11) is 0. The van der Waals surface area contributed by atoms with Crippen LogP contribution in [0.15, 0.2) is 18.2 Å². The summed E-state index contributed by atoms with van der Waals surface area (Å²) in [5, 5.41) is 0. The molecule has 0 bridgehead atoms. The van der Waals surface area contributed by atoms with E-state index >= 15 is 0 Å². The SMILES string of the molecule is CC(C)C1CN(CC(N)=O)c2c(N)cccc2O1. The molecule has 2 rings (SSSR count). The van der Waals surface area contributed by atoms with Crippen LogP contribution in [-0.4, -0.2) is 25.1 Å². The largest absolute Gasteiger partial charge is 0.486 e.